The molecule has 186 valence electrons. The summed E-state index contributed by atoms with van der Waals surface area (Å²) in [7, 11) is -2.58. The van der Waals surface area contributed by atoms with Crippen LogP contribution < -0.4 is 14.8 Å². The fourth-order valence-electron chi connectivity index (χ4n) is 4.35. The predicted molar refractivity (Wildman–Crippen MR) is 131 cm³/mol. The molecule has 1 aliphatic rings. The highest BCUT2D eigenvalue weighted by Crippen LogP contribution is 2.47. The van der Waals surface area contributed by atoms with Crippen LogP contribution in [0, 0.1) is 0 Å². The zero-order valence-electron chi connectivity index (χ0n) is 19.6. The molecule has 34 heavy (non-hydrogen) atoms. The Morgan fingerprint density at radius 3 is 2.74 bits per heavy atom. The lowest BCUT2D eigenvalue weighted by Crippen LogP contribution is -2.46. The van der Waals surface area contributed by atoms with E-state index in [4.69, 9.17) is 9.47 Å². The van der Waals surface area contributed by atoms with Gasteiger partial charge in [0, 0.05) is 29.8 Å². The van der Waals surface area contributed by atoms with Gasteiger partial charge in [0.2, 0.25) is 0 Å². The minimum atomic E-state index is -2.58. The first-order valence-electron chi connectivity index (χ1n) is 11.8. The number of aliphatic hydroxyl groups excluding tert-OH is 2. The highest BCUT2D eigenvalue weighted by Gasteiger charge is 2.57. The molecule has 0 bridgehead atoms. The number of nitrogens with one attached hydrogen (secondary N) is 1. The normalized spacial score (nSPS) is 20.6. The monoisotopic (exact) mass is 492 g/mol. The van der Waals surface area contributed by atoms with Crippen molar-refractivity contribution in [1.29, 1.82) is 0 Å². The Hall–Kier alpha value is -2.38. The van der Waals surface area contributed by atoms with E-state index in [0.717, 1.165) is 30.5 Å². The molecule has 0 aliphatic heterocycles. The number of aliphatic hydroxyl groups is 2. The molecule has 1 fully saturated rings. The van der Waals surface area contributed by atoms with Crippen molar-refractivity contribution in [1.82, 2.24) is 0 Å². The third-order valence-electron chi connectivity index (χ3n) is 6.43. The Labute approximate surface area is 201 Å². The quantitative estimate of drug-likeness (QED) is 0.221. The van der Waals surface area contributed by atoms with Crippen LogP contribution in [0.3, 0.4) is 0 Å². The summed E-state index contributed by atoms with van der Waals surface area (Å²) in [4.78, 5) is 9.97. The number of ether oxygens (including phenoxy) is 2. The summed E-state index contributed by atoms with van der Waals surface area (Å²) in [6, 6.07) is 10.5. The lowest BCUT2D eigenvalue weighted by molar-refractivity contribution is 0.0548. The van der Waals surface area contributed by atoms with Crippen molar-refractivity contribution in [2.24, 2.45) is 0 Å². The van der Waals surface area contributed by atoms with Crippen LogP contribution in [0.2, 0.25) is 0 Å². The summed E-state index contributed by atoms with van der Waals surface area (Å²) in [6.45, 7) is 2.90. The Kier molecular flexibility index (Phi) is 9.54. The molecule has 2 aromatic rings. The molecule has 3 unspecified atom stereocenters. The molecule has 0 radical (unpaired) electrons. The van der Waals surface area contributed by atoms with Crippen LogP contribution in [-0.2, 0) is 17.6 Å². The average Bonchev–Trinajstić information content (AvgIpc) is 2.84. The second-order valence-corrected chi connectivity index (χ2v) is 10.1. The smallest absolute Gasteiger partial charge is 0.508 e. The van der Waals surface area contributed by atoms with Crippen LogP contribution in [0.25, 0.3) is 0 Å². The van der Waals surface area contributed by atoms with Gasteiger partial charge in [0.25, 0.3) is 5.16 Å². The van der Waals surface area contributed by atoms with Gasteiger partial charge in [-0.2, -0.15) is 4.89 Å². The molecule has 0 heterocycles. The zero-order valence-corrected chi connectivity index (χ0v) is 20.5. The molecule has 2 aromatic carbocycles. The fourth-order valence-corrected chi connectivity index (χ4v) is 5.26. The minimum absolute atomic E-state index is 0.00657. The Balaban J connectivity index is 1.56. The van der Waals surface area contributed by atoms with Gasteiger partial charge in [-0.25, -0.2) is 0 Å². The highest BCUT2D eigenvalue weighted by molar-refractivity contribution is 7.40. The van der Waals surface area contributed by atoms with E-state index in [-0.39, 0.29) is 19.0 Å². The third-order valence-corrected chi connectivity index (χ3v) is 7.84. The summed E-state index contributed by atoms with van der Waals surface area (Å²) in [6.07, 6.45) is 3.24. The molecule has 1 saturated carbocycles. The molecule has 0 amide bonds. The van der Waals surface area contributed by atoms with Crippen molar-refractivity contribution >= 4 is 13.7 Å². The van der Waals surface area contributed by atoms with Gasteiger partial charge >= 0.3 is 8.03 Å². The summed E-state index contributed by atoms with van der Waals surface area (Å²) in [5, 5.41) is 31.6. The van der Waals surface area contributed by atoms with E-state index in [9.17, 15) is 24.8 Å². The van der Waals surface area contributed by atoms with Gasteiger partial charge in [0.15, 0.2) is 0 Å². The van der Waals surface area contributed by atoms with Gasteiger partial charge < -0.3 is 30.1 Å². The molecule has 3 atom stereocenters. The topological polar surface area (TPSA) is 128 Å². The van der Waals surface area contributed by atoms with Crippen molar-refractivity contribution < 1.29 is 34.3 Å². The number of aromatic hydroxyl groups is 1. The first-order valence-corrected chi connectivity index (χ1v) is 13.0. The Morgan fingerprint density at radius 1 is 1.21 bits per heavy atom. The van der Waals surface area contributed by atoms with E-state index < -0.39 is 19.3 Å². The average molecular weight is 493 g/mol. The Bertz CT molecular complexity index is 970. The van der Waals surface area contributed by atoms with Crippen molar-refractivity contribution in [3.05, 3.63) is 47.5 Å². The van der Waals surface area contributed by atoms with Gasteiger partial charge in [0.05, 0.1) is 13.2 Å². The van der Waals surface area contributed by atoms with Crippen molar-refractivity contribution in [2.75, 3.05) is 25.1 Å². The maximum absolute atomic E-state index is 12.1. The van der Waals surface area contributed by atoms with Crippen LogP contribution in [0.1, 0.15) is 50.2 Å². The molecule has 8 nitrogen and oxygen atoms in total. The van der Waals surface area contributed by atoms with E-state index in [2.05, 4.69) is 5.32 Å². The predicted octanol–water partition coefficient (Wildman–Crippen LogP) is 4.12. The summed E-state index contributed by atoms with van der Waals surface area (Å²) in [5.41, 5.74) is 2.33. The first kappa shape index (κ1) is 26.2. The third kappa shape index (κ3) is 6.19. The van der Waals surface area contributed by atoms with Crippen molar-refractivity contribution in [3.8, 4) is 17.2 Å². The molecule has 0 aromatic heterocycles. The number of phenols is 1. The van der Waals surface area contributed by atoms with Gasteiger partial charge in [-0.15, -0.1) is 0 Å². The lowest BCUT2D eigenvalue weighted by atomic mass is 9.86. The molecular formula is C25H35NO7P+. The number of anilines is 1. The molecule has 0 spiro atoms. The Morgan fingerprint density at radius 2 is 2.03 bits per heavy atom. The maximum atomic E-state index is 12.1. The van der Waals surface area contributed by atoms with Crippen LogP contribution >= 0.6 is 8.03 Å². The lowest BCUT2D eigenvalue weighted by Gasteiger charge is -2.31. The number of benzene rings is 2. The largest absolute Gasteiger partial charge is 0.518 e. The summed E-state index contributed by atoms with van der Waals surface area (Å²) in [5.74, 6) is 1.28. The first-order chi connectivity index (χ1) is 16.4. The van der Waals surface area contributed by atoms with Crippen LogP contribution in [-0.4, -0.2) is 51.2 Å². The van der Waals surface area contributed by atoms with E-state index in [1.807, 2.05) is 25.1 Å². The molecule has 1 aliphatic carbocycles. The van der Waals surface area contributed by atoms with Crippen LogP contribution in [0.15, 0.2) is 36.4 Å². The number of hydrogen-bond acceptors (Lipinski definition) is 7. The highest BCUT2D eigenvalue weighted by atomic mass is 31.1. The van der Waals surface area contributed by atoms with Crippen LogP contribution in [0.5, 0.6) is 17.2 Å². The van der Waals surface area contributed by atoms with E-state index in [1.54, 1.807) is 12.1 Å². The second-order valence-electron chi connectivity index (χ2n) is 8.64. The van der Waals surface area contributed by atoms with Gasteiger partial charge in [-0.05, 0) is 60.6 Å². The van der Waals surface area contributed by atoms with Gasteiger partial charge in [-0.1, -0.05) is 19.4 Å². The minimum Gasteiger partial charge on any atom is -0.508 e. The van der Waals surface area contributed by atoms with Crippen molar-refractivity contribution in [2.45, 2.75) is 63.3 Å². The SMILES string of the molecule is CCc1c(NCCCOc2ccc(O)c(CO)c2)cccc1OCC1([P+](=O)O)CCCCC1O. The maximum Gasteiger partial charge on any atom is 0.518 e. The molecule has 3 rings (SSSR count). The fraction of sp³-hybridized carbons (Fsp3) is 0.520. The molecule has 0 saturated heterocycles. The molecular weight excluding hydrogens is 457 g/mol. The number of rotatable bonds is 12. The number of hydrogen-bond donors (Lipinski definition) is 5. The van der Waals surface area contributed by atoms with E-state index >= 15 is 0 Å². The van der Waals surface area contributed by atoms with E-state index in [1.165, 1.54) is 6.07 Å². The zero-order chi connectivity index (χ0) is 24.6. The molecule has 5 N–H and O–H groups in total. The van der Waals surface area contributed by atoms with E-state index in [0.29, 0.717) is 49.5 Å². The molecule has 9 heteroatoms. The summed E-state index contributed by atoms with van der Waals surface area (Å²) < 4.78 is 23.9. The van der Waals surface area contributed by atoms with Crippen molar-refractivity contribution in [3.63, 3.8) is 0 Å². The van der Waals surface area contributed by atoms with Crippen LogP contribution in [0.4, 0.5) is 5.69 Å². The standard InChI is InChI=1S/C25H34NO7P/c1-2-20-21(26-13-6-14-32-19-10-11-22(28)18(15-19)16-27)7-5-8-23(20)33-17-25(34(30)31)12-4-3-9-24(25)29/h5,7-8,10-11,15,24,26-27,29H,2-4,6,9,12-14,16-17H2,1H3,(H-,28,30,31)/p+1. The van der Waals surface area contributed by atoms with Gasteiger partial charge in [0.1, 0.15) is 30.0 Å². The summed E-state index contributed by atoms with van der Waals surface area (Å²) >= 11 is 0. The second kappa shape index (κ2) is 12.4. The van der Waals surface area contributed by atoms with Gasteiger partial charge in [-0.3, -0.25) is 0 Å².